The molecule has 1 unspecified atom stereocenters. The van der Waals surface area contributed by atoms with Crippen molar-refractivity contribution < 1.29 is 0 Å². The van der Waals surface area contributed by atoms with Gasteiger partial charge in [0.25, 0.3) is 0 Å². The Labute approximate surface area is 110 Å². The largest absolute Gasteiger partial charge is 0.370 e. The van der Waals surface area contributed by atoms with Crippen molar-refractivity contribution in [3.8, 4) is 6.07 Å². The first-order valence-electron chi connectivity index (χ1n) is 6.50. The Morgan fingerprint density at radius 3 is 2.72 bits per heavy atom. The van der Waals surface area contributed by atoms with E-state index in [-0.39, 0.29) is 5.92 Å². The molecule has 1 rings (SSSR count). The van der Waals surface area contributed by atoms with Crippen LogP contribution in [0.15, 0.2) is 18.3 Å². The van der Waals surface area contributed by atoms with Crippen LogP contribution in [0.3, 0.4) is 0 Å². The van der Waals surface area contributed by atoms with Crippen molar-refractivity contribution in [2.75, 3.05) is 25.0 Å². The SMILES string of the molecule is CCNc1ccc(CN(CC)CC(C)C#N)cn1. The Morgan fingerprint density at radius 1 is 1.44 bits per heavy atom. The molecule has 1 heterocycles. The number of aromatic nitrogens is 1. The molecule has 18 heavy (non-hydrogen) atoms. The first-order chi connectivity index (χ1) is 8.69. The van der Waals surface area contributed by atoms with Crippen LogP contribution >= 0.6 is 0 Å². The Bertz CT molecular complexity index is 380. The summed E-state index contributed by atoms with van der Waals surface area (Å²) in [6.07, 6.45) is 1.90. The third-order valence-electron chi connectivity index (χ3n) is 2.79. The van der Waals surface area contributed by atoms with Crippen molar-refractivity contribution in [2.24, 2.45) is 5.92 Å². The van der Waals surface area contributed by atoms with Crippen LogP contribution in [-0.4, -0.2) is 29.5 Å². The number of hydrogen-bond acceptors (Lipinski definition) is 4. The molecule has 1 aromatic heterocycles. The van der Waals surface area contributed by atoms with E-state index in [2.05, 4.69) is 41.2 Å². The van der Waals surface area contributed by atoms with Crippen LogP contribution in [-0.2, 0) is 6.54 Å². The molecule has 0 aliphatic heterocycles. The molecule has 1 N–H and O–H groups in total. The zero-order chi connectivity index (χ0) is 13.4. The third-order valence-corrected chi connectivity index (χ3v) is 2.79. The van der Waals surface area contributed by atoms with Crippen LogP contribution in [0.25, 0.3) is 0 Å². The Balaban J connectivity index is 2.56. The fourth-order valence-corrected chi connectivity index (χ4v) is 1.80. The van der Waals surface area contributed by atoms with Crippen LogP contribution in [0, 0.1) is 17.2 Å². The van der Waals surface area contributed by atoms with Crippen molar-refractivity contribution in [3.63, 3.8) is 0 Å². The van der Waals surface area contributed by atoms with Crippen molar-refractivity contribution in [1.82, 2.24) is 9.88 Å². The molecule has 4 nitrogen and oxygen atoms in total. The molecule has 0 amide bonds. The molecule has 1 atom stereocenters. The predicted molar refractivity (Wildman–Crippen MR) is 74.1 cm³/mol. The fraction of sp³-hybridized carbons (Fsp3) is 0.571. The second kappa shape index (κ2) is 7.67. The standard InChI is InChI=1S/C14H22N4/c1-4-16-14-7-6-13(9-17-14)11-18(5-2)10-12(3)8-15/h6-7,9,12H,4-5,10-11H2,1-3H3,(H,16,17). The van der Waals surface area contributed by atoms with Crippen LogP contribution in [0.5, 0.6) is 0 Å². The van der Waals surface area contributed by atoms with Gasteiger partial charge in [0.15, 0.2) is 0 Å². The summed E-state index contributed by atoms with van der Waals surface area (Å²) in [5.41, 5.74) is 1.18. The van der Waals surface area contributed by atoms with Gasteiger partial charge in [0.1, 0.15) is 5.82 Å². The van der Waals surface area contributed by atoms with Gasteiger partial charge in [-0.05, 0) is 32.0 Å². The van der Waals surface area contributed by atoms with E-state index in [4.69, 9.17) is 5.26 Å². The highest BCUT2D eigenvalue weighted by Crippen LogP contribution is 2.09. The number of nitrogens with one attached hydrogen (secondary N) is 1. The van der Waals surface area contributed by atoms with E-state index in [0.29, 0.717) is 0 Å². The minimum absolute atomic E-state index is 0.0685. The van der Waals surface area contributed by atoms with E-state index in [1.807, 2.05) is 19.2 Å². The second-order valence-electron chi connectivity index (χ2n) is 4.44. The molecule has 0 fully saturated rings. The Kier molecular flexibility index (Phi) is 6.16. The summed E-state index contributed by atoms with van der Waals surface area (Å²) in [4.78, 5) is 6.61. The summed E-state index contributed by atoms with van der Waals surface area (Å²) < 4.78 is 0. The molecule has 0 spiro atoms. The number of anilines is 1. The lowest BCUT2D eigenvalue weighted by Gasteiger charge is -2.21. The van der Waals surface area contributed by atoms with Gasteiger partial charge in [-0.3, -0.25) is 4.90 Å². The van der Waals surface area contributed by atoms with Gasteiger partial charge >= 0.3 is 0 Å². The molecule has 0 aromatic carbocycles. The summed E-state index contributed by atoms with van der Waals surface area (Å²) in [7, 11) is 0. The highest BCUT2D eigenvalue weighted by Gasteiger charge is 2.08. The number of nitriles is 1. The van der Waals surface area contributed by atoms with Gasteiger partial charge in [0.05, 0.1) is 12.0 Å². The highest BCUT2D eigenvalue weighted by atomic mass is 15.1. The normalized spacial score (nSPS) is 12.2. The minimum atomic E-state index is 0.0685. The molecule has 98 valence electrons. The first kappa shape index (κ1) is 14.5. The van der Waals surface area contributed by atoms with Gasteiger partial charge in [0, 0.05) is 25.8 Å². The average Bonchev–Trinajstić information content (AvgIpc) is 2.40. The van der Waals surface area contributed by atoms with Crippen molar-refractivity contribution in [3.05, 3.63) is 23.9 Å². The van der Waals surface area contributed by atoms with Crippen LogP contribution in [0.4, 0.5) is 5.82 Å². The Hall–Kier alpha value is -1.60. The van der Waals surface area contributed by atoms with Gasteiger partial charge in [0.2, 0.25) is 0 Å². The summed E-state index contributed by atoms with van der Waals surface area (Å²) in [6, 6.07) is 6.36. The topological polar surface area (TPSA) is 52.0 Å². The fourth-order valence-electron chi connectivity index (χ4n) is 1.80. The van der Waals surface area contributed by atoms with E-state index in [0.717, 1.165) is 32.0 Å². The van der Waals surface area contributed by atoms with Crippen LogP contribution in [0.2, 0.25) is 0 Å². The Morgan fingerprint density at radius 2 is 2.22 bits per heavy atom. The predicted octanol–water partition coefficient (Wildman–Crippen LogP) is 2.49. The van der Waals surface area contributed by atoms with Gasteiger partial charge in [-0.15, -0.1) is 0 Å². The molecular formula is C14H22N4. The second-order valence-corrected chi connectivity index (χ2v) is 4.44. The molecule has 0 aliphatic rings. The van der Waals surface area contributed by atoms with E-state index >= 15 is 0 Å². The maximum Gasteiger partial charge on any atom is 0.125 e. The zero-order valence-corrected chi connectivity index (χ0v) is 11.5. The summed E-state index contributed by atoms with van der Waals surface area (Å²) >= 11 is 0. The highest BCUT2D eigenvalue weighted by molar-refractivity contribution is 5.35. The van der Waals surface area contributed by atoms with Crippen LogP contribution in [0.1, 0.15) is 26.3 Å². The van der Waals surface area contributed by atoms with E-state index in [1.165, 1.54) is 5.56 Å². The minimum Gasteiger partial charge on any atom is -0.370 e. The van der Waals surface area contributed by atoms with Crippen molar-refractivity contribution in [1.29, 1.82) is 5.26 Å². The van der Waals surface area contributed by atoms with E-state index in [9.17, 15) is 0 Å². The summed E-state index contributed by atoms with van der Waals surface area (Å²) in [5.74, 6) is 0.980. The monoisotopic (exact) mass is 246 g/mol. The molecule has 0 radical (unpaired) electrons. The first-order valence-corrected chi connectivity index (χ1v) is 6.50. The van der Waals surface area contributed by atoms with Gasteiger partial charge in [-0.2, -0.15) is 5.26 Å². The lowest BCUT2D eigenvalue weighted by molar-refractivity contribution is 0.260. The molecule has 0 saturated heterocycles. The molecule has 0 saturated carbocycles. The average molecular weight is 246 g/mol. The maximum atomic E-state index is 8.84. The molecule has 4 heteroatoms. The van der Waals surface area contributed by atoms with Crippen molar-refractivity contribution >= 4 is 5.82 Å². The van der Waals surface area contributed by atoms with E-state index < -0.39 is 0 Å². The van der Waals surface area contributed by atoms with Crippen molar-refractivity contribution in [2.45, 2.75) is 27.3 Å². The molecular weight excluding hydrogens is 224 g/mol. The molecule has 0 bridgehead atoms. The molecule has 1 aromatic rings. The zero-order valence-electron chi connectivity index (χ0n) is 11.5. The number of pyridine rings is 1. The third kappa shape index (κ3) is 4.72. The van der Waals surface area contributed by atoms with Gasteiger partial charge < -0.3 is 5.32 Å². The number of nitrogens with zero attached hydrogens (tertiary/aromatic N) is 3. The lowest BCUT2D eigenvalue weighted by atomic mass is 10.2. The summed E-state index contributed by atoms with van der Waals surface area (Å²) in [6.45, 7) is 9.61. The van der Waals surface area contributed by atoms with Gasteiger partial charge in [-0.25, -0.2) is 4.98 Å². The maximum absolute atomic E-state index is 8.84. The number of rotatable bonds is 7. The van der Waals surface area contributed by atoms with E-state index in [1.54, 1.807) is 0 Å². The lowest BCUT2D eigenvalue weighted by Crippen LogP contribution is -2.27. The smallest absolute Gasteiger partial charge is 0.125 e. The summed E-state index contributed by atoms with van der Waals surface area (Å²) in [5, 5.41) is 12.0. The quantitative estimate of drug-likeness (QED) is 0.803. The molecule has 0 aliphatic carbocycles. The number of hydrogen-bond donors (Lipinski definition) is 1. The van der Waals surface area contributed by atoms with Gasteiger partial charge in [-0.1, -0.05) is 13.0 Å². The van der Waals surface area contributed by atoms with Crippen LogP contribution < -0.4 is 5.32 Å².